The Hall–Kier alpha value is -2.69. The second kappa shape index (κ2) is 8.27. The SMILES string of the molecule is COc1ccc(C2=NN3[C@H](C2)c2cc(Cl)cc(Cl)c2O[C@H]3c2ccc(C(C)(C)C)cc2)cc1. The van der Waals surface area contributed by atoms with Crippen molar-refractivity contribution in [3.63, 3.8) is 0 Å². The van der Waals surface area contributed by atoms with Gasteiger partial charge in [-0.05, 0) is 52.9 Å². The highest BCUT2D eigenvalue weighted by molar-refractivity contribution is 6.35. The van der Waals surface area contributed by atoms with Crippen molar-refractivity contribution in [1.82, 2.24) is 5.01 Å². The van der Waals surface area contributed by atoms with E-state index in [0.29, 0.717) is 15.8 Å². The zero-order chi connectivity index (χ0) is 23.3. The van der Waals surface area contributed by atoms with E-state index in [2.05, 4.69) is 45.0 Å². The first-order valence-electron chi connectivity index (χ1n) is 11.0. The van der Waals surface area contributed by atoms with Crippen molar-refractivity contribution in [2.45, 2.75) is 44.9 Å². The van der Waals surface area contributed by atoms with E-state index in [1.165, 1.54) is 5.56 Å². The fourth-order valence-corrected chi connectivity index (χ4v) is 4.99. The molecule has 0 amide bonds. The minimum atomic E-state index is -0.383. The molecule has 3 aromatic rings. The van der Waals surface area contributed by atoms with Crippen LogP contribution in [0.1, 0.15) is 61.7 Å². The van der Waals surface area contributed by atoms with Crippen molar-refractivity contribution >= 4 is 28.9 Å². The molecule has 170 valence electrons. The summed E-state index contributed by atoms with van der Waals surface area (Å²) in [6, 6.07) is 20.2. The van der Waals surface area contributed by atoms with E-state index in [0.717, 1.165) is 34.6 Å². The third-order valence-electron chi connectivity index (χ3n) is 6.29. The Morgan fingerprint density at radius 2 is 1.70 bits per heavy atom. The number of methoxy groups -OCH3 is 1. The van der Waals surface area contributed by atoms with Gasteiger partial charge in [0, 0.05) is 22.6 Å². The first-order valence-corrected chi connectivity index (χ1v) is 11.8. The van der Waals surface area contributed by atoms with Crippen molar-refractivity contribution in [1.29, 1.82) is 0 Å². The van der Waals surface area contributed by atoms with Crippen molar-refractivity contribution in [3.05, 3.63) is 93.0 Å². The first-order chi connectivity index (χ1) is 15.7. The van der Waals surface area contributed by atoms with Gasteiger partial charge in [-0.25, -0.2) is 5.01 Å². The Balaban J connectivity index is 1.57. The highest BCUT2D eigenvalue weighted by atomic mass is 35.5. The zero-order valence-corrected chi connectivity index (χ0v) is 20.6. The molecule has 0 fully saturated rings. The van der Waals surface area contributed by atoms with Crippen molar-refractivity contribution in [2.24, 2.45) is 5.10 Å². The Kier molecular flexibility index (Phi) is 5.54. The lowest BCUT2D eigenvalue weighted by molar-refractivity contribution is -0.0189. The van der Waals surface area contributed by atoms with E-state index in [1.54, 1.807) is 13.2 Å². The number of hydrogen-bond acceptors (Lipinski definition) is 4. The van der Waals surface area contributed by atoms with Gasteiger partial charge >= 0.3 is 0 Å². The average molecular weight is 481 g/mol. The van der Waals surface area contributed by atoms with Gasteiger partial charge in [0.1, 0.15) is 11.5 Å². The number of halogens is 2. The third kappa shape index (κ3) is 4.07. The summed E-state index contributed by atoms with van der Waals surface area (Å²) < 4.78 is 11.8. The topological polar surface area (TPSA) is 34.1 Å². The van der Waals surface area contributed by atoms with Gasteiger partial charge in [0.15, 0.2) is 0 Å². The summed E-state index contributed by atoms with van der Waals surface area (Å²) in [5.41, 5.74) is 5.39. The number of nitrogens with zero attached hydrogens (tertiary/aromatic N) is 2. The van der Waals surface area contributed by atoms with E-state index in [1.807, 2.05) is 35.3 Å². The first kappa shape index (κ1) is 22.1. The van der Waals surface area contributed by atoms with Gasteiger partial charge < -0.3 is 9.47 Å². The summed E-state index contributed by atoms with van der Waals surface area (Å²) in [5.74, 6) is 1.50. The molecule has 5 rings (SSSR count). The molecular formula is C27H26Cl2N2O2. The molecule has 2 heterocycles. The molecule has 2 aliphatic rings. The predicted octanol–water partition coefficient (Wildman–Crippen LogP) is 7.54. The molecule has 6 heteroatoms. The summed E-state index contributed by atoms with van der Waals surface area (Å²) in [6.45, 7) is 6.63. The van der Waals surface area contributed by atoms with Crippen LogP contribution in [0.3, 0.4) is 0 Å². The largest absolute Gasteiger partial charge is 0.497 e. The number of rotatable bonds is 3. The fourth-order valence-electron chi connectivity index (χ4n) is 4.44. The van der Waals surface area contributed by atoms with Crippen LogP contribution >= 0.6 is 23.2 Å². The van der Waals surface area contributed by atoms with Gasteiger partial charge in [-0.15, -0.1) is 0 Å². The molecule has 0 aromatic heterocycles. The number of hydrogen-bond donors (Lipinski definition) is 0. The van der Waals surface area contributed by atoms with Crippen LogP contribution in [0.2, 0.25) is 10.0 Å². The molecule has 4 nitrogen and oxygen atoms in total. The van der Waals surface area contributed by atoms with E-state index in [9.17, 15) is 0 Å². The lowest BCUT2D eigenvalue weighted by Gasteiger charge is -2.38. The van der Waals surface area contributed by atoms with E-state index in [-0.39, 0.29) is 17.7 Å². The van der Waals surface area contributed by atoms with Crippen LogP contribution in [-0.4, -0.2) is 17.8 Å². The fraction of sp³-hybridized carbons (Fsp3) is 0.296. The van der Waals surface area contributed by atoms with Crippen molar-refractivity contribution < 1.29 is 9.47 Å². The highest BCUT2D eigenvalue weighted by Gasteiger charge is 2.42. The van der Waals surface area contributed by atoms with Crippen LogP contribution < -0.4 is 9.47 Å². The van der Waals surface area contributed by atoms with Crippen molar-refractivity contribution in [3.8, 4) is 11.5 Å². The summed E-state index contributed by atoms with van der Waals surface area (Å²) in [7, 11) is 1.67. The van der Waals surface area contributed by atoms with E-state index < -0.39 is 0 Å². The molecule has 2 aliphatic heterocycles. The molecule has 0 unspecified atom stereocenters. The van der Waals surface area contributed by atoms with Gasteiger partial charge in [0.25, 0.3) is 0 Å². The molecule has 3 aromatic carbocycles. The normalized spacial score (nSPS) is 19.5. The third-order valence-corrected chi connectivity index (χ3v) is 6.79. The Bertz CT molecular complexity index is 1210. The van der Waals surface area contributed by atoms with Crippen LogP contribution in [-0.2, 0) is 5.41 Å². The van der Waals surface area contributed by atoms with Gasteiger partial charge in [-0.1, -0.05) is 68.2 Å². The summed E-state index contributed by atoms with van der Waals surface area (Å²) in [5, 5.41) is 8.17. The average Bonchev–Trinajstić information content (AvgIpc) is 3.24. The van der Waals surface area contributed by atoms with E-state index >= 15 is 0 Å². The highest BCUT2D eigenvalue weighted by Crippen LogP contribution is 2.50. The maximum Gasteiger partial charge on any atom is 0.213 e. The molecule has 0 bridgehead atoms. The molecule has 0 aliphatic carbocycles. The van der Waals surface area contributed by atoms with Crippen LogP contribution in [0, 0.1) is 0 Å². The number of ether oxygens (including phenoxy) is 2. The van der Waals surface area contributed by atoms with E-state index in [4.69, 9.17) is 37.8 Å². The predicted molar refractivity (Wildman–Crippen MR) is 134 cm³/mol. The molecular weight excluding hydrogens is 455 g/mol. The Morgan fingerprint density at radius 3 is 2.33 bits per heavy atom. The monoisotopic (exact) mass is 480 g/mol. The Morgan fingerprint density at radius 1 is 1.00 bits per heavy atom. The standard InChI is InChI=1S/C27H26Cl2N2O2/c1-27(2,3)18-9-5-17(6-10-18)26-31-24(21-13-19(28)14-22(29)25(21)33-26)15-23(30-31)16-7-11-20(32-4)12-8-16/h5-14,24,26H,15H2,1-4H3/t24-,26+/m1/s1. The molecule has 33 heavy (non-hydrogen) atoms. The maximum atomic E-state index is 6.58. The minimum absolute atomic E-state index is 0.0191. The molecule has 0 radical (unpaired) electrons. The molecule has 2 atom stereocenters. The Labute approximate surface area is 204 Å². The summed E-state index contributed by atoms with van der Waals surface area (Å²) >= 11 is 12.9. The minimum Gasteiger partial charge on any atom is -0.497 e. The smallest absolute Gasteiger partial charge is 0.213 e. The lowest BCUT2D eigenvalue weighted by atomic mass is 9.86. The zero-order valence-electron chi connectivity index (χ0n) is 19.1. The molecule has 0 spiro atoms. The summed E-state index contributed by atoms with van der Waals surface area (Å²) in [4.78, 5) is 0. The quantitative estimate of drug-likeness (QED) is 0.388. The van der Waals surface area contributed by atoms with Gasteiger partial charge in [0.2, 0.25) is 6.23 Å². The maximum absolute atomic E-state index is 6.58. The second-order valence-electron chi connectivity index (χ2n) is 9.52. The molecule has 0 N–H and O–H groups in total. The molecule has 0 saturated carbocycles. The van der Waals surface area contributed by atoms with Crippen molar-refractivity contribution in [2.75, 3.05) is 7.11 Å². The lowest BCUT2D eigenvalue weighted by Crippen LogP contribution is -2.34. The molecule has 0 saturated heterocycles. The van der Waals surface area contributed by atoms with Crippen LogP contribution in [0.5, 0.6) is 11.5 Å². The number of hydrazone groups is 1. The van der Waals surface area contributed by atoms with Crippen LogP contribution in [0.15, 0.2) is 65.8 Å². The van der Waals surface area contributed by atoms with Gasteiger partial charge in [-0.3, -0.25) is 0 Å². The van der Waals surface area contributed by atoms with Crippen LogP contribution in [0.4, 0.5) is 0 Å². The van der Waals surface area contributed by atoms with Gasteiger partial charge in [0.05, 0.1) is 23.9 Å². The van der Waals surface area contributed by atoms with Crippen LogP contribution in [0.25, 0.3) is 0 Å². The number of fused-ring (bicyclic) bond motifs is 3. The number of benzene rings is 3. The summed E-state index contributed by atoms with van der Waals surface area (Å²) in [6.07, 6.45) is 0.349. The second-order valence-corrected chi connectivity index (χ2v) is 10.4. The van der Waals surface area contributed by atoms with Gasteiger partial charge in [-0.2, -0.15) is 5.10 Å².